The van der Waals surface area contributed by atoms with Crippen LogP contribution in [0.15, 0.2) is 24.3 Å². The fourth-order valence-corrected chi connectivity index (χ4v) is 3.91. The van der Waals surface area contributed by atoms with Gasteiger partial charge in [-0.15, -0.1) is 0 Å². The smallest absolute Gasteiger partial charge is 0.308 e. The third-order valence-electron chi connectivity index (χ3n) is 4.88. The van der Waals surface area contributed by atoms with Crippen molar-refractivity contribution in [2.75, 3.05) is 0 Å². The predicted octanol–water partition coefficient (Wildman–Crippen LogP) is 2.56. The van der Waals surface area contributed by atoms with Crippen LogP contribution in [0, 0.1) is 17.2 Å². The summed E-state index contributed by atoms with van der Waals surface area (Å²) in [6.45, 7) is 2.14. The molecule has 4 unspecified atom stereocenters. The van der Waals surface area contributed by atoms with Gasteiger partial charge < -0.3 is 5.11 Å². The van der Waals surface area contributed by atoms with Crippen LogP contribution in [0.3, 0.4) is 0 Å². The van der Waals surface area contributed by atoms with E-state index in [1.807, 2.05) is 24.3 Å². The molecule has 0 aromatic heterocycles. The molecule has 20 heavy (non-hydrogen) atoms. The fraction of sp³-hybridized carbons (Fsp3) is 0.500. The summed E-state index contributed by atoms with van der Waals surface area (Å²) in [5.41, 5.74) is 1.82. The molecule has 0 saturated carbocycles. The number of hydrogen-bond donors (Lipinski definition) is 1. The molecular weight excluding hydrogens is 252 g/mol. The summed E-state index contributed by atoms with van der Waals surface area (Å²) in [4.78, 5) is 13.7. The predicted molar refractivity (Wildman–Crippen MR) is 74.0 cm³/mol. The number of fused-ring (bicyclic) bond motifs is 2. The van der Waals surface area contributed by atoms with E-state index in [0.29, 0.717) is 11.6 Å². The van der Waals surface area contributed by atoms with Crippen LogP contribution >= 0.6 is 0 Å². The maximum absolute atomic E-state index is 11.3. The van der Waals surface area contributed by atoms with E-state index in [0.717, 1.165) is 24.8 Å². The van der Waals surface area contributed by atoms with Gasteiger partial charge in [0.2, 0.25) is 0 Å². The first-order valence-electron chi connectivity index (χ1n) is 7.12. The molecule has 2 bridgehead atoms. The van der Waals surface area contributed by atoms with Gasteiger partial charge in [0.15, 0.2) is 0 Å². The van der Waals surface area contributed by atoms with Crippen LogP contribution in [0.1, 0.15) is 43.4 Å². The lowest BCUT2D eigenvalue weighted by Gasteiger charge is -2.30. The summed E-state index contributed by atoms with van der Waals surface area (Å²) in [6, 6.07) is 10.5. The minimum absolute atomic E-state index is 0.170. The Morgan fingerprint density at radius 2 is 2.10 bits per heavy atom. The van der Waals surface area contributed by atoms with Crippen molar-refractivity contribution in [1.82, 2.24) is 4.90 Å². The lowest BCUT2D eigenvalue weighted by molar-refractivity contribution is -0.142. The molecule has 104 valence electrons. The van der Waals surface area contributed by atoms with E-state index >= 15 is 0 Å². The van der Waals surface area contributed by atoms with Gasteiger partial charge in [0, 0.05) is 18.1 Å². The van der Waals surface area contributed by atoms with Crippen molar-refractivity contribution in [3.63, 3.8) is 0 Å². The zero-order valence-electron chi connectivity index (χ0n) is 11.5. The molecule has 0 radical (unpaired) electrons. The Kier molecular flexibility index (Phi) is 3.23. The highest BCUT2D eigenvalue weighted by Crippen LogP contribution is 2.46. The minimum atomic E-state index is -0.658. The first-order chi connectivity index (χ1) is 9.61. The molecule has 2 fully saturated rings. The summed E-state index contributed by atoms with van der Waals surface area (Å²) < 4.78 is 0. The van der Waals surface area contributed by atoms with Gasteiger partial charge in [-0.05, 0) is 43.9 Å². The molecule has 2 saturated heterocycles. The lowest BCUT2D eigenvalue weighted by Crippen LogP contribution is -2.34. The number of benzene rings is 1. The summed E-state index contributed by atoms with van der Waals surface area (Å²) >= 11 is 0. The molecule has 3 rings (SSSR count). The number of nitriles is 1. The molecule has 1 aromatic rings. The van der Waals surface area contributed by atoms with E-state index in [-0.39, 0.29) is 18.0 Å². The third kappa shape index (κ3) is 1.99. The second-order valence-corrected chi connectivity index (χ2v) is 5.84. The molecule has 2 aliphatic heterocycles. The Hall–Kier alpha value is -1.86. The third-order valence-corrected chi connectivity index (χ3v) is 4.88. The highest BCUT2D eigenvalue weighted by atomic mass is 16.4. The number of carbonyl (C=O) groups is 1. The second-order valence-electron chi connectivity index (χ2n) is 5.84. The van der Waals surface area contributed by atoms with Crippen LogP contribution in [0.5, 0.6) is 0 Å². The molecule has 1 aromatic carbocycles. The van der Waals surface area contributed by atoms with Crippen LogP contribution < -0.4 is 0 Å². The van der Waals surface area contributed by atoms with Crippen LogP contribution in [0.4, 0.5) is 0 Å². The van der Waals surface area contributed by atoms with E-state index in [2.05, 4.69) is 17.9 Å². The Labute approximate surface area is 118 Å². The van der Waals surface area contributed by atoms with Gasteiger partial charge in [-0.2, -0.15) is 5.26 Å². The highest BCUT2D eigenvalue weighted by molar-refractivity contribution is 5.71. The molecule has 1 N–H and O–H groups in total. The molecule has 0 amide bonds. The number of rotatable bonds is 3. The maximum atomic E-state index is 11.3. The van der Waals surface area contributed by atoms with Crippen molar-refractivity contribution in [3.8, 4) is 6.07 Å². The van der Waals surface area contributed by atoms with E-state index < -0.39 is 5.97 Å². The van der Waals surface area contributed by atoms with E-state index in [1.165, 1.54) is 0 Å². The molecule has 0 aliphatic carbocycles. The first kappa shape index (κ1) is 13.1. The summed E-state index contributed by atoms with van der Waals surface area (Å²) in [6.07, 6.45) is 2.87. The number of hydrogen-bond acceptors (Lipinski definition) is 3. The number of carboxylic acids is 1. The SMILES string of the molecule is CC(c1ccc(C#N)cc1)N1C2CCC1C(C(=O)O)C2. The van der Waals surface area contributed by atoms with Gasteiger partial charge >= 0.3 is 5.97 Å². The van der Waals surface area contributed by atoms with Gasteiger partial charge in [0.05, 0.1) is 17.6 Å². The number of aliphatic carboxylic acids is 1. The van der Waals surface area contributed by atoms with Crippen LogP contribution in [0.2, 0.25) is 0 Å². The summed E-state index contributed by atoms with van der Waals surface area (Å²) in [7, 11) is 0. The normalized spacial score (nSPS) is 30.1. The molecule has 4 heteroatoms. The number of nitrogens with zero attached hydrogens (tertiary/aromatic N) is 2. The quantitative estimate of drug-likeness (QED) is 0.916. The van der Waals surface area contributed by atoms with Crippen molar-refractivity contribution in [2.45, 2.75) is 44.3 Å². The Balaban J connectivity index is 1.82. The van der Waals surface area contributed by atoms with Gasteiger partial charge in [0.1, 0.15) is 0 Å². The first-order valence-corrected chi connectivity index (χ1v) is 7.12. The van der Waals surface area contributed by atoms with Crippen molar-refractivity contribution in [2.24, 2.45) is 5.92 Å². The van der Waals surface area contributed by atoms with Gasteiger partial charge in [-0.1, -0.05) is 12.1 Å². The van der Waals surface area contributed by atoms with E-state index in [1.54, 1.807) is 0 Å². The second kappa shape index (κ2) is 4.92. The van der Waals surface area contributed by atoms with E-state index in [4.69, 9.17) is 5.26 Å². The van der Waals surface area contributed by atoms with E-state index in [9.17, 15) is 9.90 Å². The Morgan fingerprint density at radius 3 is 2.65 bits per heavy atom. The molecule has 2 heterocycles. The number of carboxylic acid groups (broad SMARTS) is 1. The Bertz CT molecular complexity index is 561. The van der Waals surface area contributed by atoms with Gasteiger partial charge in [-0.25, -0.2) is 0 Å². The molecule has 0 spiro atoms. The molecule has 2 aliphatic rings. The summed E-state index contributed by atoms with van der Waals surface area (Å²) in [5, 5.41) is 18.2. The zero-order valence-corrected chi connectivity index (χ0v) is 11.5. The average molecular weight is 270 g/mol. The summed E-state index contributed by atoms with van der Waals surface area (Å²) in [5.74, 6) is -0.871. The topological polar surface area (TPSA) is 64.3 Å². The largest absolute Gasteiger partial charge is 0.481 e. The van der Waals surface area contributed by atoms with Gasteiger partial charge in [0.25, 0.3) is 0 Å². The Morgan fingerprint density at radius 1 is 1.40 bits per heavy atom. The van der Waals surface area contributed by atoms with Crippen molar-refractivity contribution >= 4 is 5.97 Å². The van der Waals surface area contributed by atoms with Crippen LogP contribution in [-0.2, 0) is 4.79 Å². The average Bonchev–Trinajstić information content (AvgIpc) is 3.04. The van der Waals surface area contributed by atoms with Gasteiger partial charge in [-0.3, -0.25) is 9.69 Å². The fourth-order valence-electron chi connectivity index (χ4n) is 3.91. The molecular formula is C16H18N2O2. The molecule has 4 atom stereocenters. The van der Waals surface area contributed by atoms with Crippen molar-refractivity contribution < 1.29 is 9.90 Å². The van der Waals surface area contributed by atoms with Crippen molar-refractivity contribution in [3.05, 3.63) is 35.4 Å². The van der Waals surface area contributed by atoms with Crippen LogP contribution in [0.25, 0.3) is 0 Å². The lowest BCUT2D eigenvalue weighted by atomic mass is 9.89. The standard InChI is InChI=1S/C16H18N2O2/c1-10(12-4-2-11(9-17)3-5-12)18-13-6-7-15(18)14(8-13)16(19)20/h2-5,10,13-15H,6-8H2,1H3,(H,19,20). The van der Waals surface area contributed by atoms with Crippen LogP contribution in [-0.4, -0.2) is 28.1 Å². The van der Waals surface area contributed by atoms with Crippen molar-refractivity contribution in [1.29, 1.82) is 5.26 Å². The molecule has 4 nitrogen and oxygen atoms in total. The highest BCUT2D eigenvalue weighted by Gasteiger charge is 2.50. The maximum Gasteiger partial charge on any atom is 0.308 e. The zero-order chi connectivity index (χ0) is 14.3. The minimum Gasteiger partial charge on any atom is -0.481 e. The monoisotopic (exact) mass is 270 g/mol.